The highest BCUT2D eigenvalue weighted by Gasteiger charge is 2.42. The van der Waals surface area contributed by atoms with Crippen molar-refractivity contribution >= 4 is 5.69 Å². The molecule has 3 N–H and O–H groups in total. The Morgan fingerprint density at radius 2 is 2.10 bits per heavy atom. The van der Waals surface area contributed by atoms with Crippen LogP contribution in [0, 0.1) is 5.92 Å². The lowest BCUT2D eigenvalue weighted by atomic mass is 9.71. The zero-order chi connectivity index (χ0) is 14.2. The van der Waals surface area contributed by atoms with Gasteiger partial charge in [-0.3, -0.25) is 0 Å². The largest absolute Gasteiger partial charge is 0.389 e. The van der Waals surface area contributed by atoms with Crippen LogP contribution in [0.4, 0.5) is 5.69 Å². The van der Waals surface area contributed by atoms with Crippen molar-refractivity contribution in [2.24, 2.45) is 11.7 Å². The van der Waals surface area contributed by atoms with Gasteiger partial charge in [-0.25, -0.2) is 0 Å². The molecule has 0 aromatic heterocycles. The van der Waals surface area contributed by atoms with Crippen LogP contribution in [-0.2, 0) is 0 Å². The Kier molecular flexibility index (Phi) is 3.74. The molecule has 0 bridgehead atoms. The van der Waals surface area contributed by atoms with Crippen LogP contribution in [0.5, 0.6) is 0 Å². The first-order valence-electron chi connectivity index (χ1n) is 7.92. The van der Waals surface area contributed by atoms with Gasteiger partial charge in [-0.1, -0.05) is 31.0 Å². The van der Waals surface area contributed by atoms with Crippen molar-refractivity contribution in [3.63, 3.8) is 0 Å². The number of anilines is 1. The van der Waals surface area contributed by atoms with Gasteiger partial charge in [0.05, 0.1) is 5.60 Å². The van der Waals surface area contributed by atoms with Gasteiger partial charge in [-0.15, -0.1) is 0 Å². The molecule has 3 nitrogen and oxygen atoms in total. The quantitative estimate of drug-likeness (QED) is 0.872. The smallest absolute Gasteiger partial charge is 0.0709 e. The average Bonchev–Trinajstić information content (AvgIpc) is 2.46. The Bertz CT molecular complexity index is 474. The summed E-state index contributed by atoms with van der Waals surface area (Å²) in [6.07, 6.45) is 5.48. The standard InChI is InChI=1S/C17H26N2O/c1-13(18)15-7-2-3-8-16(15)19-11-10-17(20)9-5-4-6-14(17)12-19/h2-3,7-8,13-14,20H,4-6,9-12,18H2,1H3/t13-,14?,17?/m1/s1. The monoisotopic (exact) mass is 274 g/mol. The van der Waals surface area contributed by atoms with E-state index in [-0.39, 0.29) is 6.04 Å². The molecule has 0 spiro atoms. The third-order valence-electron chi connectivity index (χ3n) is 5.20. The predicted molar refractivity (Wildman–Crippen MR) is 82.8 cm³/mol. The third-order valence-corrected chi connectivity index (χ3v) is 5.20. The molecule has 3 heteroatoms. The van der Waals surface area contributed by atoms with E-state index in [1.54, 1.807) is 0 Å². The number of piperidine rings is 1. The summed E-state index contributed by atoms with van der Waals surface area (Å²) < 4.78 is 0. The van der Waals surface area contributed by atoms with Crippen LogP contribution in [0.3, 0.4) is 0 Å². The first-order valence-corrected chi connectivity index (χ1v) is 7.92. The molecule has 1 aromatic carbocycles. The summed E-state index contributed by atoms with van der Waals surface area (Å²) in [5.74, 6) is 0.422. The fraction of sp³-hybridized carbons (Fsp3) is 0.647. The van der Waals surface area contributed by atoms with E-state index in [1.807, 2.05) is 6.92 Å². The molecule has 2 aliphatic rings. The van der Waals surface area contributed by atoms with Crippen LogP contribution in [0.25, 0.3) is 0 Å². The van der Waals surface area contributed by atoms with Crippen LogP contribution in [0.15, 0.2) is 24.3 Å². The number of para-hydroxylation sites is 1. The molecule has 110 valence electrons. The molecule has 1 aliphatic carbocycles. The van der Waals surface area contributed by atoms with Gasteiger partial charge in [0.1, 0.15) is 0 Å². The fourth-order valence-corrected chi connectivity index (χ4v) is 3.95. The molecule has 2 unspecified atom stereocenters. The molecule has 0 radical (unpaired) electrons. The minimum atomic E-state index is -0.405. The highest BCUT2D eigenvalue weighted by atomic mass is 16.3. The second-order valence-electron chi connectivity index (χ2n) is 6.59. The molecular weight excluding hydrogens is 248 g/mol. The Morgan fingerprint density at radius 3 is 2.90 bits per heavy atom. The van der Waals surface area contributed by atoms with Gasteiger partial charge in [0.2, 0.25) is 0 Å². The van der Waals surface area contributed by atoms with E-state index < -0.39 is 5.60 Å². The van der Waals surface area contributed by atoms with Gasteiger partial charge >= 0.3 is 0 Å². The summed E-state index contributed by atoms with van der Waals surface area (Å²) in [6, 6.07) is 8.50. The summed E-state index contributed by atoms with van der Waals surface area (Å²) in [4.78, 5) is 2.43. The van der Waals surface area contributed by atoms with Crippen molar-refractivity contribution in [2.75, 3.05) is 18.0 Å². The van der Waals surface area contributed by atoms with Gasteiger partial charge in [0.15, 0.2) is 0 Å². The van der Waals surface area contributed by atoms with Crippen LogP contribution >= 0.6 is 0 Å². The first-order chi connectivity index (χ1) is 9.60. The molecule has 1 heterocycles. The SMILES string of the molecule is C[C@@H](N)c1ccccc1N1CCC2(O)CCCCC2C1. The van der Waals surface area contributed by atoms with E-state index in [9.17, 15) is 5.11 Å². The number of aliphatic hydroxyl groups is 1. The number of rotatable bonds is 2. The Hall–Kier alpha value is -1.06. The van der Waals surface area contributed by atoms with E-state index in [0.29, 0.717) is 5.92 Å². The lowest BCUT2D eigenvalue weighted by Gasteiger charge is -2.48. The first kappa shape index (κ1) is 13.9. The molecule has 0 amide bonds. The lowest BCUT2D eigenvalue weighted by Crippen LogP contribution is -2.53. The van der Waals surface area contributed by atoms with Crippen molar-refractivity contribution in [3.8, 4) is 0 Å². The van der Waals surface area contributed by atoms with Crippen molar-refractivity contribution in [3.05, 3.63) is 29.8 Å². The maximum Gasteiger partial charge on any atom is 0.0709 e. The van der Waals surface area contributed by atoms with Crippen molar-refractivity contribution in [1.29, 1.82) is 0 Å². The minimum Gasteiger partial charge on any atom is -0.389 e. The van der Waals surface area contributed by atoms with E-state index >= 15 is 0 Å². The van der Waals surface area contributed by atoms with E-state index in [4.69, 9.17) is 5.73 Å². The number of fused-ring (bicyclic) bond motifs is 1. The summed E-state index contributed by atoms with van der Waals surface area (Å²) in [5.41, 5.74) is 8.17. The number of nitrogens with two attached hydrogens (primary N) is 1. The Labute approximate surface area is 121 Å². The second kappa shape index (κ2) is 5.38. The second-order valence-corrected chi connectivity index (χ2v) is 6.59. The number of hydrogen-bond donors (Lipinski definition) is 2. The molecule has 3 atom stereocenters. The maximum absolute atomic E-state index is 10.8. The van der Waals surface area contributed by atoms with Crippen LogP contribution in [-0.4, -0.2) is 23.8 Å². The molecule has 20 heavy (non-hydrogen) atoms. The zero-order valence-electron chi connectivity index (χ0n) is 12.4. The normalized spacial score (nSPS) is 31.8. The van der Waals surface area contributed by atoms with Crippen molar-refractivity contribution < 1.29 is 5.11 Å². The van der Waals surface area contributed by atoms with Crippen molar-refractivity contribution in [2.45, 2.75) is 50.7 Å². The zero-order valence-corrected chi connectivity index (χ0v) is 12.4. The molecule has 1 saturated carbocycles. The van der Waals surface area contributed by atoms with Gasteiger partial charge in [0.25, 0.3) is 0 Å². The summed E-state index contributed by atoms with van der Waals surface area (Å²) >= 11 is 0. The number of nitrogens with zero attached hydrogens (tertiary/aromatic N) is 1. The van der Waals surface area contributed by atoms with Crippen molar-refractivity contribution in [1.82, 2.24) is 0 Å². The van der Waals surface area contributed by atoms with E-state index in [2.05, 4.69) is 29.2 Å². The predicted octanol–water partition coefficient (Wildman–Crippen LogP) is 2.84. The van der Waals surface area contributed by atoms with Gasteiger partial charge in [-0.05, 0) is 37.8 Å². The Balaban J connectivity index is 1.83. The number of benzene rings is 1. The topological polar surface area (TPSA) is 49.5 Å². The maximum atomic E-state index is 10.8. The van der Waals surface area contributed by atoms with Crippen LogP contribution in [0.1, 0.15) is 50.6 Å². The summed E-state index contributed by atoms with van der Waals surface area (Å²) in [6.45, 7) is 3.96. The molecule has 1 saturated heterocycles. The molecule has 1 aliphatic heterocycles. The van der Waals surface area contributed by atoms with Crippen LogP contribution < -0.4 is 10.6 Å². The Morgan fingerprint density at radius 1 is 1.30 bits per heavy atom. The minimum absolute atomic E-state index is 0.0540. The van der Waals surface area contributed by atoms with Gasteiger partial charge in [-0.2, -0.15) is 0 Å². The van der Waals surface area contributed by atoms with Gasteiger partial charge < -0.3 is 15.7 Å². The van der Waals surface area contributed by atoms with E-state index in [0.717, 1.165) is 32.4 Å². The van der Waals surface area contributed by atoms with Crippen LogP contribution in [0.2, 0.25) is 0 Å². The highest BCUT2D eigenvalue weighted by molar-refractivity contribution is 5.55. The number of hydrogen-bond acceptors (Lipinski definition) is 3. The lowest BCUT2D eigenvalue weighted by molar-refractivity contribution is -0.0612. The highest BCUT2D eigenvalue weighted by Crippen LogP contribution is 2.41. The molecule has 2 fully saturated rings. The fourth-order valence-electron chi connectivity index (χ4n) is 3.95. The average molecular weight is 274 g/mol. The third kappa shape index (κ3) is 2.45. The summed E-state index contributed by atoms with van der Waals surface area (Å²) in [7, 11) is 0. The summed E-state index contributed by atoms with van der Waals surface area (Å²) in [5, 5.41) is 10.8. The molecule has 1 aromatic rings. The molecular formula is C17H26N2O. The molecule has 3 rings (SSSR count). The van der Waals surface area contributed by atoms with Gasteiger partial charge in [0, 0.05) is 30.7 Å². The van der Waals surface area contributed by atoms with E-state index in [1.165, 1.54) is 24.1 Å².